The van der Waals surface area contributed by atoms with Crippen molar-refractivity contribution in [1.82, 2.24) is 4.90 Å². The third kappa shape index (κ3) is 8.65. The normalized spacial score (nSPS) is 19.9. The maximum Gasteiger partial charge on any atom is 0.268 e. The lowest BCUT2D eigenvalue weighted by atomic mass is 10.1. The van der Waals surface area contributed by atoms with Crippen molar-refractivity contribution in [3.8, 4) is 0 Å². The van der Waals surface area contributed by atoms with Crippen LogP contribution in [0.25, 0.3) is 0 Å². The summed E-state index contributed by atoms with van der Waals surface area (Å²) >= 11 is 0. The van der Waals surface area contributed by atoms with Gasteiger partial charge in [0.25, 0.3) is 11.8 Å². The van der Waals surface area contributed by atoms with E-state index in [9.17, 15) is 24.6 Å². The first-order chi connectivity index (χ1) is 13.5. The zero-order valence-electron chi connectivity index (χ0n) is 17.3. The van der Waals surface area contributed by atoms with Crippen molar-refractivity contribution in [2.24, 2.45) is 0 Å². The number of hydrogen-bond donors (Lipinski definition) is 2. The first-order valence-electron chi connectivity index (χ1n) is 10.9. The number of hydrogen-bond acceptors (Lipinski definition) is 5. The highest BCUT2D eigenvalue weighted by Gasteiger charge is 2.48. The standard InChI is InChI=1S/C22H37NO5/c1-2-3-4-5-6-7-8-9-10-11-12-13-14-15-16-17-18(24)23-21(27)19(25)20(26)22(23)28/h9-10,19-20,25-26H,2-8,11-17H2,1H3/b10-9-. The van der Waals surface area contributed by atoms with Gasteiger partial charge in [-0.15, -0.1) is 0 Å². The molecule has 1 fully saturated rings. The molecular weight excluding hydrogens is 358 g/mol. The van der Waals surface area contributed by atoms with Crippen LogP contribution in [0, 0.1) is 0 Å². The van der Waals surface area contributed by atoms with Crippen molar-refractivity contribution >= 4 is 17.7 Å². The SMILES string of the molecule is CCCCCCCC/C=C\CCCCCCCC(=O)N1C(=O)C(O)C(O)C1=O. The second-order valence-corrected chi connectivity index (χ2v) is 7.63. The fourth-order valence-corrected chi connectivity index (χ4v) is 3.35. The van der Waals surface area contributed by atoms with Crippen LogP contribution >= 0.6 is 0 Å². The van der Waals surface area contributed by atoms with Crippen molar-refractivity contribution < 1.29 is 24.6 Å². The number of rotatable bonds is 15. The zero-order valence-corrected chi connectivity index (χ0v) is 17.3. The number of allylic oxidation sites excluding steroid dienone is 2. The molecule has 0 aliphatic carbocycles. The van der Waals surface area contributed by atoms with Gasteiger partial charge in [0.1, 0.15) is 0 Å². The molecule has 6 nitrogen and oxygen atoms in total. The van der Waals surface area contributed by atoms with Crippen LogP contribution in [0.2, 0.25) is 0 Å². The summed E-state index contributed by atoms with van der Waals surface area (Å²) in [6, 6.07) is 0. The molecule has 0 spiro atoms. The van der Waals surface area contributed by atoms with E-state index < -0.39 is 29.9 Å². The number of carbonyl (C=O) groups excluding carboxylic acids is 3. The van der Waals surface area contributed by atoms with Gasteiger partial charge >= 0.3 is 0 Å². The van der Waals surface area contributed by atoms with E-state index in [0.717, 1.165) is 32.1 Å². The van der Waals surface area contributed by atoms with Crippen molar-refractivity contribution in [2.75, 3.05) is 0 Å². The molecule has 2 atom stereocenters. The number of imide groups is 3. The maximum atomic E-state index is 11.9. The molecule has 0 saturated carbocycles. The highest BCUT2D eigenvalue weighted by Crippen LogP contribution is 2.17. The Hall–Kier alpha value is -1.53. The Kier molecular flexibility index (Phi) is 12.7. The minimum atomic E-state index is -1.81. The Balaban J connectivity index is 1.96. The van der Waals surface area contributed by atoms with Gasteiger partial charge in [0, 0.05) is 6.42 Å². The molecule has 0 aromatic carbocycles. The van der Waals surface area contributed by atoms with Crippen molar-refractivity contribution in [3.63, 3.8) is 0 Å². The van der Waals surface area contributed by atoms with E-state index in [2.05, 4.69) is 19.1 Å². The smallest absolute Gasteiger partial charge is 0.268 e. The Morgan fingerprint density at radius 1 is 0.786 bits per heavy atom. The molecule has 1 rings (SSSR count). The molecule has 0 radical (unpaired) electrons. The summed E-state index contributed by atoms with van der Waals surface area (Å²) in [7, 11) is 0. The minimum absolute atomic E-state index is 0.0785. The van der Waals surface area contributed by atoms with Crippen LogP contribution in [0.5, 0.6) is 0 Å². The lowest BCUT2D eigenvalue weighted by Gasteiger charge is -2.11. The number of carbonyl (C=O) groups is 3. The molecule has 0 aromatic heterocycles. The van der Waals surface area contributed by atoms with Crippen molar-refractivity contribution in [2.45, 2.75) is 109 Å². The van der Waals surface area contributed by atoms with Crippen LogP contribution in [0.3, 0.4) is 0 Å². The van der Waals surface area contributed by atoms with Crippen LogP contribution in [-0.4, -0.2) is 45.0 Å². The van der Waals surface area contributed by atoms with Crippen molar-refractivity contribution in [3.05, 3.63) is 12.2 Å². The monoisotopic (exact) mass is 395 g/mol. The third-order valence-electron chi connectivity index (χ3n) is 5.15. The van der Waals surface area contributed by atoms with Crippen molar-refractivity contribution in [1.29, 1.82) is 0 Å². The molecule has 2 unspecified atom stereocenters. The number of nitrogens with zero attached hydrogens (tertiary/aromatic N) is 1. The predicted molar refractivity (Wildman–Crippen MR) is 108 cm³/mol. The van der Waals surface area contributed by atoms with Gasteiger partial charge in [-0.2, -0.15) is 0 Å². The lowest BCUT2D eigenvalue weighted by Crippen LogP contribution is -2.37. The van der Waals surface area contributed by atoms with Crippen LogP contribution in [0.4, 0.5) is 0 Å². The Morgan fingerprint density at radius 3 is 1.71 bits per heavy atom. The zero-order chi connectivity index (χ0) is 20.8. The highest BCUT2D eigenvalue weighted by molar-refractivity contribution is 6.18. The summed E-state index contributed by atoms with van der Waals surface area (Å²) in [6.07, 6.45) is 15.9. The number of likely N-dealkylation sites (tertiary alicyclic amines) is 1. The first kappa shape index (κ1) is 24.5. The molecule has 0 bridgehead atoms. The summed E-state index contributed by atoms with van der Waals surface area (Å²) in [5.41, 5.74) is 0. The lowest BCUT2D eigenvalue weighted by molar-refractivity contribution is -0.151. The first-order valence-corrected chi connectivity index (χ1v) is 10.9. The molecule has 1 aliphatic heterocycles. The Morgan fingerprint density at radius 2 is 1.21 bits per heavy atom. The summed E-state index contributed by atoms with van der Waals surface area (Å²) in [6.45, 7) is 2.24. The van der Waals surface area contributed by atoms with Gasteiger partial charge < -0.3 is 10.2 Å². The Labute approximate surface area is 169 Å². The molecule has 160 valence electrons. The van der Waals surface area contributed by atoms with E-state index in [-0.39, 0.29) is 6.42 Å². The Bertz CT molecular complexity index is 497. The van der Waals surface area contributed by atoms with E-state index in [1.165, 1.54) is 44.9 Å². The second kappa shape index (κ2) is 14.5. The summed E-state index contributed by atoms with van der Waals surface area (Å²) in [5, 5.41) is 18.7. The van der Waals surface area contributed by atoms with Crippen LogP contribution in [-0.2, 0) is 14.4 Å². The molecule has 6 heteroatoms. The van der Waals surface area contributed by atoms with E-state index >= 15 is 0 Å². The average Bonchev–Trinajstić information content (AvgIpc) is 2.87. The summed E-state index contributed by atoms with van der Waals surface area (Å²) in [4.78, 5) is 35.5. The molecule has 1 saturated heterocycles. The quantitative estimate of drug-likeness (QED) is 0.251. The molecular formula is C22H37NO5. The van der Waals surface area contributed by atoms with E-state index in [1.807, 2.05) is 0 Å². The van der Waals surface area contributed by atoms with Gasteiger partial charge in [0.15, 0.2) is 12.2 Å². The summed E-state index contributed by atoms with van der Waals surface area (Å²) in [5.74, 6) is -2.67. The van der Waals surface area contributed by atoms with Crippen LogP contribution in [0.15, 0.2) is 12.2 Å². The number of aliphatic hydroxyl groups excluding tert-OH is 2. The van der Waals surface area contributed by atoms with Crippen LogP contribution < -0.4 is 0 Å². The predicted octanol–water partition coefficient (Wildman–Crippen LogP) is 3.64. The highest BCUT2D eigenvalue weighted by atomic mass is 16.4. The molecule has 3 amide bonds. The fourth-order valence-electron chi connectivity index (χ4n) is 3.35. The van der Waals surface area contributed by atoms with Gasteiger partial charge in [-0.3, -0.25) is 14.4 Å². The second-order valence-electron chi connectivity index (χ2n) is 7.63. The number of unbranched alkanes of at least 4 members (excludes halogenated alkanes) is 11. The topological polar surface area (TPSA) is 94.9 Å². The van der Waals surface area contributed by atoms with E-state index in [1.54, 1.807) is 0 Å². The minimum Gasteiger partial charge on any atom is -0.380 e. The number of aliphatic hydroxyl groups is 2. The van der Waals surface area contributed by atoms with Gasteiger partial charge in [0.2, 0.25) is 5.91 Å². The third-order valence-corrected chi connectivity index (χ3v) is 5.15. The van der Waals surface area contributed by atoms with E-state index in [4.69, 9.17) is 0 Å². The van der Waals surface area contributed by atoms with Gasteiger partial charge in [-0.1, -0.05) is 70.4 Å². The fraction of sp³-hybridized carbons (Fsp3) is 0.773. The van der Waals surface area contributed by atoms with Gasteiger partial charge in [0.05, 0.1) is 0 Å². The maximum absolute atomic E-state index is 11.9. The summed E-state index contributed by atoms with van der Waals surface area (Å²) < 4.78 is 0. The largest absolute Gasteiger partial charge is 0.380 e. The molecule has 2 N–H and O–H groups in total. The van der Waals surface area contributed by atoms with Gasteiger partial charge in [-0.05, 0) is 32.1 Å². The molecule has 0 aromatic rings. The molecule has 1 aliphatic rings. The van der Waals surface area contributed by atoms with Crippen LogP contribution in [0.1, 0.15) is 96.8 Å². The molecule has 28 heavy (non-hydrogen) atoms. The number of amides is 3. The van der Waals surface area contributed by atoms with Gasteiger partial charge in [-0.25, -0.2) is 4.90 Å². The molecule has 1 heterocycles. The average molecular weight is 396 g/mol. The van der Waals surface area contributed by atoms with E-state index in [0.29, 0.717) is 11.3 Å².